The summed E-state index contributed by atoms with van der Waals surface area (Å²) in [4.78, 5) is 6.69. The van der Waals surface area contributed by atoms with Crippen LogP contribution < -0.4 is 0 Å². The highest BCUT2D eigenvalue weighted by Crippen LogP contribution is 2.24. The second-order valence-electron chi connectivity index (χ2n) is 4.87. The fourth-order valence-corrected chi connectivity index (χ4v) is 2.61. The van der Waals surface area contributed by atoms with E-state index in [1.54, 1.807) is 0 Å². The first kappa shape index (κ1) is 11.9. The Morgan fingerprint density at radius 1 is 1.33 bits per heavy atom. The zero-order valence-electron chi connectivity index (χ0n) is 10.0. The van der Waals surface area contributed by atoms with Crippen LogP contribution in [0.15, 0.2) is 30.3 Å². The molecular formula is C14H15ClN2O. The number of aliphatic hydroxyl groups excluding tert-OH is 1. The smallest absolute Gasteiger partial charge is 0.134 e. The molecule has 0 spiro atoms. The molecule has 2 aromatic rings. The Hall–Kier alpha value is -1.16. The van der Waals surface area contributed by atoms with E-state index in [0.717, 1.165) is 36.1 Å². The number of rotatable bonds is 3. The maximum absolute atomic E-state index is 9.00. The topological polar surface area (TPSA) is 36.4 Å². The Morgan fingerprint density at radius 2 is 2.11 bits per heavy atom. The number of para-hydroxylation sites is 1. The van der Waals surface area contributed by atoms with Crippen LogP contribution in [-0.2, 0) is 6.54 Å². The van der Waals surface area contributed by atoms with Crippen LogP contribution in [0.5, 0.6) is 0 Å². The van der Waals surface area contributed by atoms with Crippen LogP contribution in [0.25, 0.3) is 10.9 Å². The molecule has 3 rings (SSSR count). The molecule has 94 valence electrons. The van der Waals surface area contributed by atoms with Crippen LogP contribution in [0.2, 0.25) is 5.15 Å². The lowest BCUT2D eigenvalue weighted by Gasteiger charge is -2.38. The van der Waals surface area contributed by atoms with Crippen molar-refractivity contribution in [2.75, 3.05) is 19.7 Å². The Kier molecular flexibility index (Phi) is 3.20. The highest BCUT2D eigenvalue weighted by atomic mass is 35.5. The fraction of sp³-hybridized carbons (Fsp3) is 0.357. The molecule has 0 atom stereocenters. The van der Waals surface area contributed by atoms with Crippen molar-refractivity contribution >= 4 is 22.5 Å². The summed E-state index contributed by atoms with van der Waals surface area (Å²) in [5.41, 5.74) is 2.00. The number of aromatic nitrogens is 1. The number of benzene rings is 1. The largest absolute Gasteiger partial charge is 0.396 e. The van der Waals surface area contributed by atoms with Gasteiger partial charge in [-0.05, 0) is 12.1 Å². The van der Waals surface area contributed by atoms with Crippen molar-refractivity contribution in [2.24, 2.45) is 5.92 Å². The van der Waals surface area contributed by atoms with E-state index in [1.165, 1.54) is 0 Å². The van der Waals surface area contributed by atoms with Crippen molar-refractivity contribution in [2.45, 2.75) is 6.54 Å². The van der Waals surface area contributed by atoms with Gasteiger partial charge in [0.25, 0.3) is 0 Å². The van der Waals surface area contributed by atoms with E-state index in [4.69, 9.17) is 16.7 Å². The van der Waals surface area contributed by atoms with E-state index < -0.39 is 0 Å². The second kappa shape index (κ2) is 4.84. The van der Waals surface area contributed by atoms with Crippen LogP contribution >= 0.6 is 11.6 Å². The van der Waals surface area contributed by atoms with Gasteiger partial charge in [0.2, 0.25) is 0 Å². The predicted molar refractivity (Wildman–Crippen MR) is 72.6 cm³/mol. The third-order valence-electron chi connectivity index (χ3n) is 3.44. The molecule has 1 aromatic heterocycles. The number of aliphatic hydroxyl groups is 1. The molecule has 1 aliphatic heterocycles. The molecule has 1 aliphatic rings. The Morgan fingerprint density at radius 3 is 2.89 bits per heavy atom. The van der Waals surface area contributed by atoms with Gasteiger partial charge in [-0.1, -0.05) is 29.8 Å². The van der Waals surface area contributed by atoms with Gasteiger partial charge in [0.1, 0.15) is 5.15 Å². The van der Waals surface area contributed by atoms with Gasteiger partial charge < -0.3 is 5.11 Å². The molecule has 2 heterocycles. The highest BCUT2D eigenvalue weighted by molar-refractivity contribution is 6.30. The molecule has 0 unspecified atom stereocenters. The molecule has 0 amide bonds. The van der Waals surface area contributed by atoms with Crippen molar-refractivity contribution in [1.29, 1.82) is 0 Å². The van der Waals surface area contributed by atoms with E-state index in [2.05, 4.69) is 22.0 Å². The second-order valence-corrected chi connectivity index (χ2v) is 5.23. The number of fused-ring (bicyclic) bond motifs is 1. The van der Waals surface area contributed by atoms with Gasteiger partial charge in [-0.15, -0.1) is 0 Å². The summed E-state index contributed by atoms with van der Waals surface area (Å²) >= 11 is 6.21. The van der Waals surface area contributed by atoms with E-state index in [-0.39, 0.29) is 6.61 Å². The van der Waals surface area contributed by atoms with Crippen molar-refractivity contribution in [1.82, 2.24) is 9.88 Å². The van der Waals surface area contributed by atoms with Crippen LogP contribution in [0.3, 0.4) is 0 Å². The van der Waals surface area contributed by atoms with Gasteiger partial charge in [0.15, 0.2) is 0 Å². The molecule has 1 saturated heterocycles. The lowest BCUT2D eigenvalue weighted by Crippen LogP contribution is -2.47. The van der Waals surface area contributed by atoms with Crippen LogP contribution in [0.4, 0.5) is 0 Å². The summed E-state index contributed by atoms with van der Waals surface area (Å²) in [5, 5.41) is 10.7. The minimum Gasteiger partial charge on any atom is -0.396 e. The Labute approximate surface area is 111 Å². The zero-order valence-corrected chi connectivity index (χ0v) is 10.8. The van der Waals surface area contributed by atoms with Crippen molar-refractivity contribution in [3.63, 3.8) is 0 Å². The SMILES string of the molecule is OCC1CN(Cc2cc3ccccc3nc2Cl)C1. The number of likely N-dealkylation sites (tertiary alicyclic amines) is 1. The molecule has 0 aliphatic carbocycles. The summed E-state index contributed by atoms with van der Waals surface area (Å²) in [6.45, 7) is 2.98. The van der Waals surface area contributed by atoms with E-state index in [0.29, 0.717) is 11.1 Å². The average Bonchev–Trinajstić information content (AvgIpc) is 2.33. The summed E-state index contributed by atoms with van der Waals surface area (Å²) in [6, 6.07) is 10.1. The molecule has 1 aromatic carbocycles. The minimum absolute atomic E-state index is 0.278. The molecule has 18 heavy (non-hydrogen) atoms. The van der Waals surface area contributed by atoms with Crippen LogP contribution in [-0.4, -0.2) is 34.7 Å². The highest BCUT2D eigenvalue weighted by Gasteiger charge is 2.26. The third kappa shape index (κ3) is 2.21. The van der Waals surface area contributed by atoms with Gasteiger partial charge in [0, 0.05) is 43.1 Å². The van der Waals surface area contributed by atoms with Gasteiger partial charge in [-0.2, -0.15) is 0 Å². The molecule has 1 N–H and O–H groups in total. The normalized spacial score (nSPS) is 17.0. The summed E-state index contributed by atoms with van der Waals surface area (Å²) < 4.78 is 0. The fourth-order valence-electron chi connectivity index (χ4n) is 2.41. The van der Waals surface area contributed by atoms with E-state index >= 15 is 0 Å². The number of hydrogen-bond donors (Lipinski definition) is 1. The van der Waals surface area contributed by atoms with Gasteiger partial charge in [0.05, 0.1) is 5.52 Å². The van der Waals surface area contributed by atoms with Crippen molar-refractivity contribution < 1.29 is 5.11 Å². The molecule has 0 radical (unpaired) electrons. The van der Waals surface area contributed by atoms with Crippen molar-refractivity contribution in [3.05, 3.63) is 41.0 Å². The monoisotopic (exact) mass is 262 g/mol. The quantitative estimate of drug-likeness (QED) is 0.863. The Bertz CT molecular complexity index is 567. The lowest BCUT2D eigenvalue weighted by atomic mass is 10.0. The Balaban J connectivity index is 1.81. The van der Waals surface area contributed by atoms with Crippen LogP contribution in [0, 0.1) is 5.92 Å². The molecule has 4 heteroatoms. The minimum atomic E-state index is 0.278. The molecule has 3 nitrogen and oxygen atoms in total. The summed E-state index contributed by atoms with van der Waals surface area (Å²) in [5.74, 6) is 0.428. The maximum Gasteiger partial charge on any atom is 0.134 e. The summed E-state index contributed by atoms with van der Waals surface area (Å²) in [6.07, 6.45) is 0. The number of hydrogen-bond acceptors (Lipinski definition) is 3. The average molecular weight is 263 g/mol. The van der Waals surface area contributed by atoms with E-state index in [1.807, 2.05) is 18.2 Å². The zero-order chi connectivity index (χ0) is 12.5. The molecule has 0 bridgehead atoms. The molecule has 0 saturated carbocycles. The first-order chi connectivity index (χ1) is 8.76. The maximum atomic E-state index is 9.00. The van der Waals surface area contributed by atoms with Gasteiger partial charge in [-0.25, -0.2) is 4.98 Å². The van der Waals surface area contributed by atoms with Gasteiger partial charge >= 0.3 is 0 Å². The first-order valence-corrected chi connectivity index (χ1v) is 6.51. The number of pyridine rings is 1. The van der Waals surface area contributed by atoms with Crippen molar-refractivity contribution in [3.8, 4) is 0 Å². The first-order valence-electron chi connectivity index (χ1n) is 6.13. The summed E-state index contributed by atoms with van der Waals surface area (Å²) in [7, 11) is 0. The van der Waals surface area contributed by atoms with E-state index in [9.17, 15) is 0 Å². The standard InChI is InChI=1S/C14H15ClN2O/c15-14-12(8-17-6-10(7-17)9-18)5-11-3-1-2-4-13(11)16-14/h1-5,10,18H,6-9H2. The third-order valence-corrected chi connectivity index (χ3v) is 3.76. The number of halogens is 1. The van der Waals surface area contributed by atoms with Crippen LogP contribution in [0.1, 0.15) is 5.56 Å². The molecular weight excluding hydrogens is 248 g/mol. The predicted octanol–water partition coefficient (Wildman–Crippen LogP) is 2.31. The molecule has 1 fully saturated rings. The lowest BCUT2D eigenvalue weighted by molar-refractivity contribution is 0.0479. The van der Waals surface area contributed by atoms with Gasteiger partial charge in [-0.3, -0.25) is 4.90 Å². The number of nitrogens with zero attached hydrogens (tertiary/aromatic N) is 2.